The van der Waals surface area contributed by atoms with E-state index in [-0.39, 0.29) is 28.6 Å². The summed E-state index contributed by atoms with van der Waals surface area (Å²) in [5, 5.41) is 43.4. The molecule has 16 heteroatoms. The van der Waals surface area contributed by atoms with E-state index in [4.69, 9.17) is 16.3 Å². The summed E-state index contributed by atoms with van der Waals surface area (Å²) in [7, 11) is 0. The number of nitrogens with zero attached hydrogens (tertiary/aromatic N) is 6. The third kappa shape index (κ3) is 5.30. The molecule has 3 N–H and O–H groups in total. The quantitative estimate of drug-likeness (QED) is 0.234. The predicted octanol–water partition coefficient (Wildman–Crippen LogP) is 3.49. The Labute approximate surface area is 233 Å². The number of aliphatic hydroxyl groups is 3. The lowest BCUT2D eigenvalue weighted by atomic mass is 9.92. The summed E-state index contributed by atoms with van der Waals surface area (Å²) >= 11 is 5.54. The second kappa shape index (κ2) is 10.7. The fourth-order valence-electron chi connectivity index (χ4n) is 4.74. The highest BCUT2D eigenvalue weighted by Crippen LogP contribution is 2.40. The molecule has 0 bridgehead atoms. The molecular weight excluding hydrogens is 579 g/mol. The Morgan fingerprint density at radius 2 is 1.73 bits per heavy atom. The Hall–Kier alpha value is -3.50. The number of rotatable bonds is 5. The smallest absolute Gasteiger partial charge is 0.394 e. The van der Waals surface area contributed by atoms with Crippen LogP contribution < -0.4 is 0 Å². The van der Waals surface area contributed by atoms with Crippen LogP contribution >= 0.6 is 11.6 Å². The van der Waals surface area contributed by atoms with Gasteiger partial charge in [0.15, 0.2) is 5.82 Å². The third-order valence-corrected chi connectivity index (χ3v) is 7.03. The fourth-order valence-corrected chi connectivity index (χ4v) is 4.84. The average Bonchev–Trinajstić information content (AvgIpc) is 3.53. The van der Waals surface area contributed by atoms with Gasteiger partial charge in [-0.1, -0.05) is 22.9 Å². The van der Waals surface area contributed by atoms with E-state index in [0.29, 0.717) is 5.56 Å². The van der Waals surface area contributed by atoms with Crippen LogP contribution in [0.4, 0.5) is 22.0 Å². The van der Waals surface area contributed by atoms with Gasteiger partial charge in [-0.25, -0.2) is 23.1 Å². The standard InChI is InChI=1S/C25H22ClF5N6O4/c1-10-3-4-13(25(29,30)31)17(5-10)37-24(32-11(2)34-37)23-22(40)20(21(39)18(9-38)41-23)36-8-16(33-35-36)12-6-14(27)19(26)15(28)7-12/h3-8,18,20-23,38-40H,9H2,1-2H3/t18-,20+,21+,22-,23-/m1/s1. The van der Waals surface area contributed by atoms with E-state index in [1.165, 1.54) is 25.3 Å². The SMILES string of the molecule is Cc1ccc(C(F)(F)F)c(-n2nc(C)nc2[C@@H]2O[C@H](CO)[C@H](O)[C@H](n3cc(-c4cc(F)c(Cl)c(F)c4)nn3)[C@H]2O)c1. The minimum absolute atomic E-state index is 0.0450. The third-order valence-electron chi connectivity index (χ3n) is 6.67. The lowest BCUT2D eigenvalue weighted by molar-refractivity contribution is -0.210. The van der Waals surface area contributed by atoms with Crippen molar-refractivity contribution in [3.05, 3.63) is 76.0 Å². The molecule has 1 aliphatic rings. The summed E-state index contributed by atoms with van der Waals surface area (Å²) in [6, 6.07) is 3.88. The highest BCUT2D eigenvalue weighted by atomic mass is 35.5. The van der Waals surface area contributed by atoms with Gasteiger partial charge in [0.25, 0.3) is 0 Å². The number of aliphatic hydroxyl groups excluding tert-OH is 3. The molecule has 0 unspecified atom stereocenters. The zero-order valence-electron chi connectivity index (χ0n) is 21.3. The molecule has 41 heavy (non-hydrogen) atoms. The van der Waals surface area contributed by atoms with Gasteiger partial charge in [0.2, 0.25) is 0 Å². The van der Waals surface area contributed by atoms with Crippen molar-refractivity contribution in [2.24, 2.45) is 0 Å². The number of alkyl halides is 3. The molecule has 0 amide bonds. The summed E-state index contributed by atoms with van der Waals surface area (Å²) in [6.45, 7) is 2.28. The average molecular weight is 601 g/mol. The molecule has 4 aromatic rings. The van der Waals surface area contributed by atoms with E-state index >= 15 is 0 Å². The van der Waals surface area contributed by atoms with E-state index in [0.717, 1.165) is 27.6 Å². The topological polar surface area (TPSA) is 131 Å². The van der Waals surface area contributed by atoms with Gasteiger partial charge in [-0.05, 0) is 43.7 Å². The van der Waals surface area contributed by atoms with Crippen molar-refractivity contribution < 1.29 is 42.0 Å². The molecule has 1 fully saturated rings. The summed E-state index contributed by atoms with van der Waals surface area (Å²) in [4.78, 5) is 4.21. The minimum atomic E-state index is -4.75. The van der Waals surface area contributed by atoms with E-state index < -0.39 is 65.5 Å². The van der Waals surface area contributed by atoms with Crippen molar-refractivity contribution in [3.8, 4) is 16.9 Å². The Kier molecular flexibility index (Phi) is 7.59. The normalized spacial score (nSPS) is 23.2. The molecule has 5 atom stereocenters. The number of hydrogen-bond donors (Lipinski definition) is 3. The predicted molar refractivity (Wildman–Crippen MR) is 132 cm³/mol. The van der Waals surface area contributed by atoms with E-state index in [1.54, 1.807) is 6.92 Å². The first-order valence-electron chi connectivity index (χ1n) is 12.1. The number of ether oxygens (including phenoxy) is 1. The van der Waals surface area contributed by atoms with Crippen LogP contribution in [0.25, 0.3) is 16.9 Å². The first-order chi connectivity index (χ1) is 19.3. The first-order valence-corrected chi connectivity index (χ1v) is 12.5. The summed E-state index contributed by atoms with van der Waals surface area (Å²) < 4.78 is 77.4. The number of hydrogen-bond acceptors (Lipinski definition) is 8. The number of aromatic nitrogens is 6. The Morgan fingerprint density at radius 1 is 1.05 bits per heavy atom. The molecule has 0 radical (unpaired) electrons. The van der Waals surface area contributed by atoms with E-state index in [2.05, 4.69) is 20.4 Å². The summed E-state index contributed by atoms with van der Waals surface area (Å²) in [5.74, 6) is -2.27. The summed E-state index contributed by atoms with van der Waals surface area (Å²) in [5.41, 5.74) is -0.989. The zero-order chi connectivity index (χ0) is 29.8. The molecular formula is C25H22ClF5N6O4. The van der Waals surface area contributed by atoms with Gasteiger partial charge in [0.05, 0.1) is 24.1 Å². The maximum absolute atomic E-state index is 14.0. The molecule has 10 nitrogen and oxygen atoms in total. The molecule has 218 valence electrons. The largest absolute Gasteiger partial charge is 0.418 e. The van der Waals surface area contributed by atoms with Gasteiger partial charge in [0.1, 0.15) is 58.6 Å². The Balaban J connectivity index is 1.58. The fraction of sp³-hybridized carbons (Fsp3) is 0.360. The molecule has 2 aromatic carbocycles. The van der Waals surface area contributed by atoms with Gasteiger partial charge in [-0.2, -0.15) is 18.3 Å². The number of aryl methyl sites for hydroxylation is 2. The zero-order valence-corrected chi connectivity index (χ0v) is 22.0. The van der Waals surface area contributed by atoms with Crippen molar-refractivity contribution in [1.82, 2.24) is 29.8 Å². The van der Waals surface area contributed by atoms with Crippen LogP contribution in [0.5, 0.6) is 0 Å². The number of halogens is 6. The molecule has 5 rings (SSSR count). The molecule has 0 saturated carbocycles. The highest BCUT2D eigenvalue weighted by molar-refractivity contribution is 6.31. The Morgan fingerprint density at radius 3 is 2.37 bits per heavy atom. The molecule has 0 aliphatic carbocycles. The second-order valence-electron chi connectivity index (χ2n) is 9.53. The van der Waals surface area contributed by atoms with Gasteiger partial charge in [0, 0.05) is 5.56 Å². The van der Waals surface area contributed by atoms with Gasteiger partial charge >= 0.3 is 6.18 Å². The summed E-state index contributed by atoms with van der Waals surface area (Å²) in [6.07, 6.45) is -9.74. The van der Waals surface area contributed by atoms with Crippen molar-refractivity contribution >= 4 is 11.6 Å². The minimum Gasteiger partial charge on any atom is -0.394 e. The molecule has 2 aromatic heterocycles. The molecule has 1 saturated heterocycles. The van der Waals surface area contributed by atoms with Crippen LogP contribution in [0.1, 0.15) is 34.9 Å². The van der Waals surface area contributed by atoms with E-state index in [1.807, 2.05) is 0 Å². The lowest BCUT2D eigenvalue weighted by Crippen LogP contribution is -2.53. The molecule has 0 spiro atoms. The lowest BCUT2D eigenvalue weighted by Gasteiger charge is -2.41. The first kappa shape index (κ1) is 29.0. The van der Waals surface area contributed by atoms with Crippen LogP contribution in [0.2, 0.25) is 5.02 Å². The monoisotopic (exact) mass is 600 g/mol. The second-order valence-corrected chi connectivity index (χ2v) is 9.91. The molecule has 3 heterocycles. The van der Waals surface area contributed by atoms with Gasteiger partial charge in [-0.3, -0.25) is 0 Å². The maximum Gasteiger partial charge on any atom is 0.418 e. The van der Waals surface area contributed by atoms with Crippen molar-refractivity contribution in [2.45, 2.75) is 50.5 Å². The van der Waals surface area contributed by atoms with Crippen LogP contribution in [0.15, 0.2) is 36.5 Å². The van der Waals surface area contributed by atoms with Crippen LogP contribution in [0, 0.1) is 25.5 Å². The van der Waals surface area contributed by atoms with Gasteiger partial charge < -0.3 is 20.1 Å². The number of benzene rings is 2. The van der Waals surface area contributed by atoms with Crippen LogP contribution in [-0.4, -0.2) is 70.0 Å². The highest BCUT2D eigenvalue weighted by Gasteiger charge is 2.49. The van der Waals surface area contributed by atoms with Crippen molar-refractivity contribution in [2.75, 3.05) is 6.61 Å². The van der Waals surface area contributed by atoms with Crippen LogP contribution in [0.3, 0.4) is 0 Å². The van der Waals surface area contributed by atoms with Crippen LogP contribution in [-0.2, 0) is 10.9 Å². The van der Waals surface area contributed by atoms with Gasteiger partial charge in [-0.15, -0.1) is 5.10 Å². The van der Waals surface area contributed by atoms with Crippen molar-refractivity contribution in [1.29, 1.82) is 0 Å². The Bertz CT molecular complexity index is 1570. The molecule has 1 aliphatic heterocycles. The maximum atomic E-state index is 14.0. The van der Waals surface area contributed by atoms with Crippen molar-refractivity contribution in [3.63, 3.8) is 0 Å². The van der Waals surface area contributed by atoms with E-state index in [9.17, 15) is 37.3 Å².